The van der Waals surface area contributed by atoms with Crippen LogP contribution in [-0.2, 0) is 0 Å². The van der Waals surface area contributed by atoms with Gasteiger partial charge < -0.3 is 5.21 Å². The molecule has 0 aromatic heterocycles. The van der Waals surface area contributed by atoms with Crippen LogP contribution in [0, 0.1) is 19.1 Å². The number of hydrogen-bond donors (Lipinski definition) is 0. The van der Waals surface area contributed by atoms with Gasteiger partial charge in [0.25, 0.3) is 11.5 Å². The Kier molecular flexibility index (Phi) is 2.49. The van der Waals surface area contributed by atoms with Gasteiger partial charge in [0.05, 0.1) is 5.56 Å². The average molecular weight is 251 g/mol. The first-order valence-electron chi connectivity index (χ1n) is 6.15. The second kappa shape index (κ2) is 4.05. The van der Waals surface area contributed by atoms with Crippen LogP contribution in [0.5, 0.6) is 0 Å². The lowest BCUT2D eigenvalue weighted by Gasteiger charge is -2.04. The van der Waals surface area contributed by atoms with E-state index in [1.54, 1.807) is 24.3 Å². The smallest absolute Gasteiger partial charge is 0.272 e. The number of carbonyl (C=O) groups is 1. The zero-order chi connectivity index (χ0) is 13.6. The summed E-state index contributed by atoms with van der Waals surface area (Å²) in [5, 5.41) is 12.3. The third-order valence-electron chi connectivity index (χ3n) is 3.54. The van der Waals surface area contributed by atoms with E-state index in [9.17, 15) is 10.0 Å². The van der Waals surface area contributed by atoms with E-state index in [-0.39, 0.29) is 11.5 Å². The molecular formula is C16H13NO2. The van der Waals surface area contributed by atoms with Crippen molar-refractivity contribution in [1.82, 2.24) is 0 Å². The summed E-state index contributed by atoms with van der Waals surface area (Å²) >= 11 is 0. The Morgan fingerprint density at radius 2 is 1.63 bits per heavy atom. The molecule has 0 amide bonds. The van der Waals surface area contributed by atoms with Gasteiger partial charge >= 0.3 is 0 Å². The largest absolute Gasteiger partial charge is 0.618 e. The Labute approximate surface area is 111 Å². The van der Waals surface area contributed by atoms with Crippen molar-refractivity contribution in [2.45, 2.75) is 13.8 Å². The van der Waals surface area contributed by atoms with Gasteiger partial charge in [0.2, 0.25) is 5.69 Å². The molecule has 0 saturated carbocycles. The van der Waals surface area contributed by atoms with Crippen molar-refractivity contribution in [1.29, 1.82) is 0 Å². The zero-order valence-corrected chi connectivity index (χ0v) is 10.8. The topological polar surface area (TPSA) is 43.1 Å². The molecule has 0 aliphatic carbocycles. The van der Waals surface area contributed by atoms with Gasteiger partial charge in [0.15, 0.2) is 0 Å². The number of benzene rings is 2. The van der Waals surface area contributed by atoms with Gasteiger partial charge in [0, 0.05) is 6.07 Å². The van der Waals surface area contributed by atoms with Crippen LogP contribution in [0.15, 0.2) is 42.5 Å². The number of aryl methyl sites for hydroxylation is 2. The minimum atomic E-state index is -0.195. The number of ketones is 1. The summed E-state index contributed by atoms with van der Waals surface area (Å²) in [5.41, 5.74) is 3.86. The van der Waals surface area contributed by atoms with Gasteiger partial charge in [-0.05, 0) is 43.2 Å². The predicted octanol–water partition coefficient (Wildman–Crippen LogP) is 3.13. The lowest BCUT2D eigenvalue weighted by Crippen LogP contribution is -2.16. The van der Waals surface area contributed by atoms with E-state index in [2.05, 4.69) is 0 Å². The number of rotatable bonds is 1. The van der Waals surface area contributed by atoms with Crippen LogP contribution >= 0.6 is 0 Å². The molecule has 3 heteroatoms. The monoisotopic (exact) mass is 251 g/mol. The van der Waals surface area contributed by atoms with Crippen molar-refractivity contribution < 1.29 is 9.53 Å². The maximum Gasteiger partial charge on any atom is 0.272 e. The van der Waals surface area contributed by atoms with Crippen molar-refractivity contribution in [3.8, 4) is 0 Å². The average Bonchev–Trinajstić information content (AvgIpc) is 2.64. The first-order valence-corrected chi connectivity index (χ1v) is 6.15. The molecular weight excluding hydrogens is 238 g/mol. The Bertz CT molecular complexity index is 715. The van der Waals surface area contributed by atoms with Crippen LogP contribution in [0.3, 0.4) is 0 Å². The molecule has 3 rings (SSSR count). The van der Waals surface area contributed by atoms with E-state index >= 15 is 0 Å². The molecule has 3 nitrogen and oxygen atoms in total. The standard InChI is InChI=1S/C16H13NO2/c1-10-8-13-14(9-11(10)2)17(19)15(16(13)18)12-6-4-3-5-7-12/h3-9H,1-2H3. The van der Waals surface area contributed by atoms with Crippen molar-refractivity contribution in [2.75, 3.05) is 0 Å². The summed E-state index contributed by atoms with van der Waals surface area (Å²) in [6.07, 6.45) is 0. The molecule has 1 aliphatic rings. The minimum absolute atomic E-state index is 0.195. The first kappa shape index (κ1) is 11.7. The highest BCUT2D eigenvalue weighted by atomic mass is 16.5. The van der Waals surface area contributed by atoms with Crippen molar-refractivity contribution in [3.05, 3.63) is 69.9 Å². The molecule has 0 fully saturated rings. The molecule has 0 saturated heterocycles. The Balaban J connectivity index is 2.23. The SMILES string of the molecule is Cc1cc2c(cc1C)[N+]([O-])=C(c1ccccc1)C2=O. The van der Waals surface area contributed by atoms with E-state index < -0.39 is 0 Å². The summed E-state index contributed by atoms with van der Waals surface area (Å²) < 4.78 is 0.749. The van der Waals surface area contributed by atoms with Gasteiger partial charge in [0.1, 0.15) is 5.56 Å². The number of fused-ring (bicyclic) bond motifs is 1. The Morgan fingerprint density at radius 3 is 2.32 bits per heavy atom. The third kappa shape index (κ3) is 1.66. The van der Waals surface area contributed by atoms with Crippen molar-refractivity contribution >= 4 is 17.2 Å². The molecule has 1 aliphatic heterocycles. The third-order valence-corrected chi connectivity index (χ3v) is 3.54. The molecule has 1 heterocycles. The minimum Gasteiger partial charge on any atom is -0.618 e. The quantitative estimate of drug-likeness (QED) is 0.577. The lowest BCUT2D eigenvalue weighted by atomic mass is 9.99. The van der Waals surface area contributed by atoms with Gasteiger partial charge in [-0.1, -0.05) is 18.2 Å². The predicted molar refractivity (Wildman–Crippen MR) is 74.1 cm³/mol. The second-order valence-corrected chi connectivity index (χ2v) is 4.79. The molecule has 0 bridgehead atoms. The Morgan fingerprint density at radius 1 is 1.00 bits per heavy atom. The molecule has 2 aromatic rings. The van der Waals surface area contributed by atoms with E-state index in [4.69, 9.17) is 0 Å². The van der Waals surface area contributed by atoms with Gasteiger partial charge in [-0.15, -0.1) is 0 Å². The summed E-state index contributed by atoms with van der Waals surface area (Å²) in [7, 11) is 0. The highest BCUT2D eigenvalue weighted by Gasteiger charge is 2.36. The molecule has 0 spiro atoms. The maximum atomic E-state index is 12.4. The number of Topliss-reactive ketones (excluding diaryl/α,β-unsaturated/α-hetero) is 1. The maximum absolute atomic E-state index is 12.4. The van der Waals surface area contributed by atoms with Crippen molar-refractivity contribution in [3.63, 3.8) is 0 Å². The lowest BCUT2D eigenvalue weighted by molar-refractivity contribution is -0.355. The fraction of sp³-hybridized carbons (Fsp3) is 0.125. The van der Waals surface area contributed by atoms with E-state index in [0.717, 1.165) is 15.9 Å². The molecule has 2 aromatic carbocycles. The van der Waals surface area contributed by atoms with E-state index in [1.807, 2.05) is 32.0 Å². The van der Waals surface area contributed by atoms with E-state index in [0.29, 0.717) is 16.8 Å². The van der Waals surface area contributed by atoms with E-state index in [1.165, 1.54) is 0 Å². The van der Waals surface area contributed by atoms with Crippen LogP contribution in [0.25, 0.3) is 0 Å². The normalized spacial score (nSPS) is 13.9. The second-order valence-electron chi connectivity index (χ2n) is 4.79. The van der Waals surface area contributed by atoms with Crippen LogP contribution < -0.4 is 0 Å². The van der Waals surface area contributed by atoms with Crippen molar-refractivity contribution in [2.24, 2.45) is 0 Å². The Hall–Kier alpha value is -2.42. The fourth-order valence-corrected chi connectivity index (χ4v) is 2.34. The molecule has 0 N–H and O–H groups in total. The van der Waals surface area contributed by atoms with Gasteiger partial charge in [-0.3, -0.25) is 4.79 Å². The highest BCUT2D eigenvalue weighted by molar-refractivity contribution is 6.52. The molecule has 0 radical (unpaired) electrons. The van der Waals surface area contributed by atoms with Crippen LogP contribution in [0.4, 0.5) is 5.69 Å². The molecule has 94 valence electrons. The summed E-state index contributed by atoms with van der Waals surface area (Å²) in [5.74, 6) is -0.195. The summed E-state index contributed by atoms with van der Waals surface area (Å²) in [6, 6.07) is 12.7. The molecule has 19 heavy (non-hydrogen) atoms. The number of carbonyl (C=O) groups excluding carboxylic acids is 1. The number of nitrogens with zero attached hydrogens (tertiary/aromatic N) is 1. The van der Waals surface area contributed by atoms with Gasteiger partial charge in [-0.2, -0.15) is 4.74 Å². The first-order chi connectivity index (χ1) is 9.09. The fourth-order valence-electron chi connectivity index (χ4n) is 2.34. The molecule has 0 atom stereocenters. The van der Waals surface area contributed by atoms with Crippen LogP contribution in [0.2, 0.25) is 0 Å². The summed E-state index contributed by atoms with van der Waals surface area (Å²) in [4.78, 5) is 12.4. The number of hydrogen-bond acceptors (Lipinski definition) is 2. The van der Waals surface area contributed by atoms with Crippen LogP contribution in [-0.4, -0.2) is 16.2 Å². The van der Waals surface area contributed by atoms with Crippen LogP contribution in [0.1, 0.15) is 27.0 Å². The molecule has 0 unspecified atom stereocenters. The zero-order valence-electron chi connectivity index (χ0n) is 10.8. The van der Waals surface area contributed by atoms with Gasteiger partial charge in [-0.25, -0.2) is 0 Å². The highest BCUT2D eigenvalue weighted by Crippen LogP contribution is 2.30. The summed E-state index contributed by atoms with van der Waals surface area (Å²) in [6.45, 7) is 3.88.